The lowest BCUT2D eigenvalue weighted by Crippen LogP contribution is -2.44. The zero-order valence-corrected chi connectivity index (χ0v) is 19.3. The quantitative estimate of drug-likeness (QED) is 0.231. The maximum absolute atomic E-state index is 10.9. The molecule has 1 aliphatic rings. The van der Waals surface area contributed by atoms with Gasteiger partial charge in [0.05, 0.1) is 26.4 Å². The van der Waals surface area contributed by atoms with Gasteiger partial charge in [0.2, 0.25) is 0 Å². The molecule has 0 aliphatic carbocycles. The SMILES string of the molecule is [N-]=[N+]=N[C@H]1O[C@H]([C@@H](COCc2ccccc2)OCc2ccccc2)[C@H](OCc2ccccc2)[C@@H]1O. The van der Waals surface area contributed by atoms with Gasteiger partial charge in [-0.3, -0.25) is 0 Å². The van der Waals surface area contributed by atoms with E-state index >= 15 is 0 Å². The Labute approximate surface area is 204 Å². The van der Waals surface area contributed by atoms with Gasteiger partial charge in [-0.25, -0.2) is 0 Å². The first-order valence-electron chi connectivity index (χ1n) is 11.5. The summed E-state index contributed by atoms with van der Waals surface area (Å²) < 4.78 is 24.3. The third-order valence-corrected chi connectivity index (χ3v) is 5.77. The number of rotatable bonds is 12. The molecule has 0 saturated carbocycles. The Kier molecular flexibility index (Phi) is 9.25. The van der Waals surface area contributed by atoms with Crippen LogP contribution in [0, 0.1) is 0 Å². The largest absolute Gasteiger partial charge is 0.387 e. The summed E-state index contributed by atoms with van der Waals surface area (Å²) in [6, 6.07) is 29.2. The molecule has 4 rings (SSSR count). The van der Waals surface area contributed by atoms with Crippen LogP contribution in [0.2, 0.25) is 0 Å². The number of benzene rings is 3. The average molecular weight is 476 g/mol. The standard InChI is InChI=1S/C27H29N3O5/c28-30-29-27-24(31)26(34-18-22-14-8-3-9-15-22)25(35-27)23(33-17-21-12-6-2-7-13-21)19-32-16-20-10-4-1-5-11-20/h1-15,23-27,31H,16-19H2/t23-,24+,25-,26-,27+/m1/s1. The van der Waals surface area contributed by atoms with E-state index in [1.807, 2.05) is 91.0 Å². The lowest BCUT2D eigenvalue weighted by Gasteiger charge is -2.28. The molecule has 0 radical (unpaired) electrons. The number of ether oxygens (including phenoxy) is 4. The first kappa shape index (κ1) is 24.9. The van der Waals surface area contributed by atoms with E-state index in [1.165, 1.54) is 0 Å². The highest BCUT2D eigenvalue weighted by Gasteiger charge is 2.48. The highest BCUT2D eigenvalue weighted by molar-refractivity contribution is 5.15. The summed E-state index contributed by atoms with van der Waals surface area (Å²) in [7, 11) is 0. The molecule has 3 aromatic carbocycles. The number of hydrogen-bond acceptors (Lipinski definition) is 6. The molecule has 1 heterocycles. The van der Waals surface area contributed by atoms with Gasteiger partial charge in [0, 0.05) is 4.91 Å². The number of aliphatic hydroxyl groups excluding tert-OH is 1. The van der Waals surface area contributed by atoms with Crippen molar-refractivity contribution in [3.8, 4) is 0 Å². The molecule has 1 aliphatic heterocycles. The zero-order chi connectivity index (χ0) is 24.3. The molecule has 0 spiro atoms. The van der Waals surface area contributed by atoms with E-state index in [9.17, 15) is 5.11 Å². The second-order valence-electron chi connectivity index (χ2n) is 8.28. The Bertz CT molecular complexity index is 1060. The molecular weight excluding hydrogens is 446 g/mol. The summed E-state index contributed by atoms with van der Waals surface area (Å²) in [4.78, 5) is 2.82. The van der Waals surface area contributed by atoms with E-state index in [0.717, 1.165) is 16.7 Å². The second-order valence-corrected chi connectivity index (χ2v) is 8.28. The third-order valence-electron chi connectivity index (χ3n) is 5.77. The van der Waals surface area contributed by atoms with Crippen LogP contribution in [-0.2, 0) is 38.8 Å². The third kappa shape index (κ3) is 7.13. The van der Waals surface area contributed by atoms with Crippen LogP contribution in [0.25, 0.3) is 10.4 Å². The van der Waals surface area contributed by atoms with Crippen LogP contribution in [0.3, 0.4) is 0 Å². The van der Waals surface area contributed by atoms with Crippen molar-refractivity contribution in [1.82, 2.24) is 0 Å². The fourth-order valence-corrected chi connectivity index (χ4v) is 3.96. The Morgan fingerprint density at radius 1 is 0.829 bits per heavy atom. The van der Waals surface area contributed by atoms with Gasteiger partial charge in [-0.1, -0.05) is 96.1 Å². The van der Waals surface area contributed by atoms with Crippen LogP contribution < -0.4 is 0 Å². The predicted octanol–water partition coefficient (Wildman–Crippen LogP) is 4.77. The molecule has 0 aromatic heterocycles. The maximum atomic E-state index is 10.9. The molecule has 8 nitrogen and oxygen atoms in total. The summed E-state index contributed by atoms with van der Waals surface area (Å²) in [5, 5.41) is 14.5. The molecule has 0 unspecified atom stereocenters. The molecule has 1 saturated heterocycles. The van der Waals surface area contributed by atoms with Crippen LogP contribution in [0.4, 0.5) is 0 Å². The summed E-state index contributed by atoms with van der Waals surface area (Å²) in [5.74, 6) is 0. The van der Waals surface area contributed by atoms with Gasteiger partial charge in [0.25, 0.3) is 0 Å². The van der Waals surface area contributed by atoms with Crippen molar-refractivity contribution < 1.29 is 24.1 Å². The maximum Gasteiger partial charge on any atom is 0.165 e. The monoisotopic (exact) mass is 475 g/mol. The van der Waals surface area contributed by atoms with Crippen LogP contribution >= 0.6 is 0 Å². The van der Waals surface area contributed by atoms with Gasteiger partial charge in [0.1, 0.15) is 24.4 Å². The van der Waals surface area contributed by atoms with Crippen molar-refractivity contribution in [3.05, 3.63) is 118 Å². The minimum Gasteiger partial charge on any atom is -0.387 e. The van der Waals surface area contributed by atoms with Crippen molar-refractivity contribution in [2.45, 2.75) is 50.5 Å². The summed E-state index contributed by atoms with van der Waals surface area (Å²) in [6.45, 7) is 1.19. The van der Waals surface area contributed by atoms with Gasteiger partial charge < -0.3 is 24.1 Å². The molecule has 35 heavy (non-hydrogen) atoms. The van der Waals surface area contributed by atoms with E-state index in [4.69, 9.17) is 24.5 Å². The normalized spacial score (nSPS) is 22.4. The minimum atomic E-state index is -1.14. The molecule has 1 N–H and O–H groups in total. The molecule has 0 amide bonds. The molecule has 182 valence electrons. The molecular formula is C27H29N3O5. The smallest absolute Gasteiger partial charge is 0.165 e. The Morgan fingerprint density at radius 3 is 1.94 bits per heavy atom. The van der Waals surface area contributed by atoms with E-state index in [-0.39, 0.29) is 13.2 Å². The van der Waals surface area contributed by atoms with E-state index < -0.39 is 30.6 Å². The van der Waals surface area contributed by atoms with Crippen LogP contribution in [0.5, 0.6) is 0 Å². The molecule has 0 bridgehead atoms. The summed E-state index contributed by atoms with van der Waals surface area (Å²) >= 11 is 0. The highest BCUT2D eigenvalue weighted by Crippen LogP contribution is 2.30. The van der Waals surface area contributed by atoms with Gasteiger partial charge >= 0.3 is 0 Å². The van der Waals surface area contributed by atoms with Crippen molar-refractivity contribution >= 4 is 0 Å². The van der Waals surface area contributed by atoms with Crippen LogP contribution in [-0.4, -0.2) is 42.4 Å². The van der Waals surface area contributed by atoms with Gasteiger partial charge in [-0.05, 0) is 22.2 Å². The van der Waals surface area contributed by atoms with Gasteiger partial charge in [0.15, 0.2) is 6.23 Å². The number of aliphatic hydroxyl groups is 1. The van der Waals surface area contributed by atoms with E-state index in [1.54, 1.807) is 0 Å². The van der Waals surface area contributed by atoms with Crippen molar-refractivity contribution in [1.29, 1.82) is 0 Å². The Morgan fingerprint density at radius 2 is 1.37 bits per heavy atom. The highest BCUT2D eigenvalue weighted by atomic mass is 16.6. The van der Waals surface area contributed by atoms with Crippen molar-refractivity contribution in [3.63, 3.8) is 0 Å². The lowest BCUT2D eigenvalue weighted by atomic mass is 10.1. The fraction of sp³-hybridized carbons (Fsp3) is 0.333. The number of hydrogen-bond donors (Lipinski definition) is 1. The molecule has 1 fully saturated rings. The van der Waals surface area contributed by atoms with Crippen molar-refractivity contribution in [2.24, 2.45) is 5.11 Å². The average Bonchev–Trinajstić information content (AvgIpc) is 3.21. The summed E-state index contributed by atoms with van der Waals surface area (Å²) in [6.07, 6.45) is -4.27. The second kappa shape index (κ2) is 13.0. The first-order valence-corrected chi connectivity index (χ1v) is 11.5. The zero-order valence-electron chi connectivity index (χ0n) is 19.3. The topological polar surface area (TPSA) is 106 Å². The Hall–Kier alpha value is -3.23. The number of azide groups is 1. The fourth-order valence-electron chi connectivity index (χ4n) is 3.96. The van der Waals surface area contributed by atoms with Gasteiger partial charge in [-0.15, -0.1) is 0 Å². The van der Waals surface area contributed by atoms with Gasteiger partial charge in [-0.2, -0.15) is 0 Å². The van der Waals surface area contributed by atoms with Crippen LogP contribution in [0.1, 0.15) is 16.7 Å². The van der Waals surface area contributed by atoms with Crippen LogP contribution in [0.15, 0.2) is 96.1 Å². The molecule has 8 heteroatoms. The number of nitrogens with zero attached hydrogens (tertiary/aromatic N) is 3. The van der Waals surface area contributed by atoms with Crippen molar-refractivity contribution in [2.75, 3.05) is 6.61 Å². The first-order chi connectivity index (χ1) is 17.2. The van der Waals surface area contributed by atoms with E-state index in [2.05, 4.69) is 10.0 Å². The van der Waals surface area contributed by atoms with E-state index in [0.29, 0.717) is 13.2 Å². The summed E-state index contributed by atoms with van der Waals surface area (Å²) in [5.41, 5.74) is 11.9. The predicted molar refractivity (Wildman–Crippen MR) is 130 cm³/mol. The lowest BCUT2D eigenvalue weighted by molar-refractivity contribution is -0.139. The minimum absolute atomic E-state index is 0.202. The molecule has 5 atom stereocenters. The Balaban J connectivity index is 1.49. The molecule has 3 aromatic rings.